The predicted molar refractivity (Wildman–Crippen MR) is 94.0 cm³/mol. The van der Waals surface area contributed by atoms with Gasteiger partial charge in [0.1, 0.15) is 5.75 Å². The van der Waals surface area contributed by atoms with Crippen molar-refractivity contribution in [3.63, 3.8) is 0 Å². The molecule has 1 amide bonds. The molecule has 0 aromatic heterocycles. The van der Waals surface area contributed by atoms with E-state index in [2.05, 4.69) is 13.8 Å². The first-order chi connectivity index (χ1) is 11.3. The van der Waals surface area contributed by atoms with Crippen molar-refractivity contribution < 1.29 is 17.9 Å². The second kappa shape index (κ2) is 7.53. The molecular weight excluding hydrogens is 328 g/mol. The lowest BCUT2D eigenvalue weighted by molar-refractivity contribution is 0.0694. The minimum absolute atomic E-state index is 0.0885. The molecule has 7 heteroatoms. The van der Waals surface area contributed by atoms with Gasteiger partial charge in [0.2, 0.25) is 10.0 Å². The number of benzene rings is 1. The van der Waals surface area contributed by atoms with Gasteiger partial charge in [0, 0.05) is 26.2 Å². The van der Waals surface area contributed by atoms with Crippen molar-refractivity contribution in [2.45, 2.75) is 26.7 Å². The number of carbonyl (C=O) groups is 1. The Kier molecular flexibility index (Phi) is 5.87. The van der Waals surface area contributed by atoms with Crippen LogP contribution < -0.4 is 4.74 Å². The molecule has 24 heavy (non-hydrogen) atoms. The molecule has 0 radical (unpaired) electrons. The van der Waals surface area contributed by atoms with E-state index in [0.29, 0.717) is 43.4 Å². The summed E-state index contributed by atoms with van der Waals surface area (Å²) in [5.41, 5.74) is 1.61. The monoisotopic (exact) mass is 354 g/mol. The van der Waals surface area contributed by atoms with E-state index < -0.39 is 10.0 Å². The summed E-state index contributed by atoms with van der Waals surface area (Å²) >= 11 is 0. The van der Waals surface area contributed by atoms with Gasteiger partial charge in [0.25, 0.3) is 5.91 Å². The maximum Gasteiger partial charge on any atom is 0.257 e. The van der Waals surface area contributed by atoms with Crippen LogP contribution in [-0.4, -0.2) is 62.6 Å². The van der Waals surface area contributed by atoms with Crippen molar-refractivity contribution in [2.24, 2.45) is 0 Å². The summed E-state index contributed by atoms with van der Waals surface area (Å²) in [6.07, 6.45) is 0. The highest BCUT2D eigenvalue weighted by Crippen LogP contribution is 2.26. The molecule has 1 saturated heterocycles. The van der Waals surface area contributed by atoms with Crippen molar-refractivity contribution in [3.05, 3.63) is 29.3 Å². The maximum absolute atomic E-state index is 12.9. The number of hydrogen-bond acceptors (Lipinski definition) is 4. The van der Waals surface area contributed by atoms with Gasteiger partial charge in [-0.2, -0.15) is 4.31 Å². The molecular formula is C17H26N2O4S. The number of carbonyl (C=O) groups excluding carboxylic acids is 1. The number of methoxy groups -OCH3 is 1. The summed E-state index contributed by atoms with van der Waals surface area (Å²) < 4.78 is 30.6. The Morgan fingerprint density at radius 3 is 2.33 bits per heavy atom. The van der Waals surface area contributed by atoms with E-state index >= 15 is 0 Å². The van der Waals surface area contributed by atoms with Crippen LogP contribution in [0.15, 0.2) is 18.2 Å². The number of sulfonamides is 1. The highest BCUT2D eigenvalue weighted by atomic mass is 32.2. The fraction of sp³-hybridized carbons (Fsp3) is 0.588. The Balaban J connectivity index is 2.17. The van der Waals surface area contributed by atoms with Gasteiger partial charge >= 0.3 is 0 Å². The van der Waals surface area contributed by atoms with Crippen LogP contribution in [0.1, 0.15) is 42.6 Å². The van der Waals surface area contributed by atoms with Gasteiger partial charge in [0.05, 0.1) is 18.4 Å². The second-order valence-corrected chi connectivity index (χ2v) is 8.46. The van der Waals surface area contributed by atoms with E-state index in [-0.39, 0.29) is 11.7 Å². The van der Waals surface area contributed by atoms with Crippen molar-refractivity contribution >= 4 is 15.9 Å². The van der Waals surface area contributed by atoms with Crippen LogP contribution in [0, 0.1) is 0 Å². The van der Waals surface area contributed by atoms with Gasteiger partial charge in [-0.15, -0.1) is 0 Å². The van der Waals surface area contributed by atoms with E-state index in [0.717, 1.165) is 5.56 Å². The predicted octanol–water partition coefficient (Wildman–Crippen LogP) is 1.93. The topological polar surface area (TPSA) is 66.9 Å². The average Bonchev–Trinajstić information content (AvgIpc) is 2.60. The zero-order valence-electron chi connectivity index (χ0n) is 14.8. The Morgan fingerprint density at radius 2 is 1.83 bits per heavy atom. The number of hydrogen-bond donors (Lipinski definition) is 0. The first-order valence-electron chi connectivity index (χ1n) is 8.25. The van der Waals surface area contributed by atoms with Crippen molar-refractivity contribution in [2.75, 3.05) is 39.0 Å². The van der Waals surface area contributed by atoms with E-state index in [1.165, 1.54) is 4.31 Å². The molecule has 1 aromatic rings. The van der Waals surface area contributed by atoms with Crippen molar-refractivity contribution in [3.8, 4) is 5.75 Å². The Morgan fingerprint density at radius 1 is 1.21 bits per heavy atom. The summed E-state index contributed by atoms with van der Waals surface area (Å²) in [7, 11) is -1.65. The average molecular weight is 354 g/mol. The van der Waals surface area contributed by atoms with Crippen LogP contribution in [0.2, 0.25) is 0 Å². The highest BCUT2D eigenvalue weighted by molar-refractivity contribution is 7.89. The summed E-state index contributed by atoms with van der Waals surface area (Å²) in [4.78, 5) is 14.6. The molecule has 1 aromatic carbocycles. The third-order valence-corrected chi connectivity index (χ3v) is 6.29. The third-order valence-electron chi connectivity index (χ3n) is 4.40. The van der Waals surface area contributed by atoms with Crippen LogP contribution in [0.25, 0.3) is 0 Å². The minimum atomic E-state index is -3.20. The zero-order chi connectivity index (χ0) is 17.9. The third kappa shape index (κ3) is 3.89. The zero-order valence-corrected chi connectivity index (χ0v) is 15.6. The largest absolute Gasteiger partial charge is 0.496 e. The fourth-order valence-corrected chi connectivity index (χ4v) is 3.86. The van der Waals surface area contributed by atoms with E-state index in [1.54, 1.807) is 18.9 Å². The van der Waals surface area contributed by atoms with Gasteiger partial charge in [-0.3, -0.25) is 4.79 Å². The van der Waals surface area contributed by atoms with E-state index in [9.17, 15) is 13.2 Å². The fourth-order valence-electron chi connectivity index (χ4n) is 2.77. The SMILES string of the molecule is CCS(=O)(=O)N1CCN(C(=O)c2cc(C(C)C)ccc2OC)CC1. The molecule has 1 fully saturated rings. The minimum Gasteiger partial charge on any atom is -0.496 e. The standard InChI is InChI=1S/C17H26N2O4S/c1-5-24(21,22)19-10-8-18(9-11-19)17(20)15-12-14(13(2)3)6-7-16(15)23-4/h6-7,12-13H,5,8-11H2,1-4H3. The molecule has 0 aliphatic carbocycles. The molecule has 0 spiro atoms. The van der Waals surface area contributed by atoms with Gasteiger partial charge < -0.3 is 9.64 Å². The summed E-state index contributed by atoms with van der Waals surface area (Å²) in [6, 6.07) is 5.66. The number of piperazine rings is 1. The first-order valence-corrected chi connectivity index (χ1v) is 9.86. The lowest BCUT2D eigenvalue weighted by Crippen LogP contribution is -2.50. The lowest BCUT2D eigenvalue weighted by atomic mass is 9.99. The van der Waals surface area contributed by atoms with Crippen LogP contribution in [0.5, 0.6) is 5.75 Å². The molecule has 1 aliphatic heterocycles. The van der Waals surface area contributed by atoms with E-state index in [1.807, 2.05) is 18.2 Å². The molecule has 6 nitrogen and oxygen atoms in total. The molecule has 0 bridgehead atoms. The van der Waals surface area contributed by atoms with Gasteiger partial charge in [-0.1, -0.05) is 19.9 Å². The van der Waals surface area contributed by atoms with Crippen LogP contribution in [-0.2, 0) is 10.0 Å². The molecule has 0 unspecified atom stereocenters. The summed E-state index contributed by atoms with van der Waals surface area (Å²) in [6.45, 7) is 7.26. The quantitative estimate of drug-likeness (QED) is 0.810. The number of ether oxygens (including phenoxy) is 1. The Labute approximate surface area is 144 Å². The van der Waals surface area contributed by atoms with Crippen LogP contribution in [0.3, 0.4) is 0 Å². The molecule has 0 N–H and O–H groups in total. The van der Waals surface area contributed by atoms with E-state index in [4.69, 9.17) is 4.74 Å². The molecule has 1 aliphatic rings. The van der Waals surface area contributed by atoms with Gasteiger partial charge in [-0.05, 0) is 30.5 Å². The molecule has 1 heterocycles. The van der Waals surface area contributed by atoms with Crippen molar-refractivity contribution in [1.29, 1.82) is 0 Å². The molecule has 134 valence electrons. The number of nitrogens with zero attached hydrogens (tertiary/aromatic N) is 2. The second-order valence-electron chi connectivity index (χ2n) is 6.21. The van der Waals surface area contributed by atoms with Gasteiger partial charge in [-0.25, -0.2) is 8.42 Å². The number of rotatable bonds is 5. The molecule has 0 saturated carbocycles. The highest BCUT2D eigenvalue weighted by Gasteiger charge is 2.29. The van der Waals surface area contributed by atoms with Crippen LogP contribution >= 0.6 is 0 Å². The lowest BCUT2D eigenvalue weighted by Gasteiger charge is -2.34. The smallest absolute Gasteiger partial charge is 0.257 e. The van der Waals surface area contributed by atoms with Crippen LogP contribution in [0.4, 0.5) is 0 Å². The summed E-state index contributed by atoms with van der Waals surface area (Å²) in [5, 5.41) is 0. The maximum atomic E-state index is 12.9. The Bertz CT molecular complexity index is 693. The molecule has 2 rings (SSSR count). The summed E-state index contributed by atoms with van der Waals surface area (Å²) in [5.74, 6) is 0.843. The van der Waals surface area contributed by atoms with Gasteiger partial charge in [0.15, 0.2) is 0 Å². The Hall–Kier alpha value is -1.60. The van der Waals surface area contributed by atoms with Crippen molar-refractivity contribution in [1.82, 2.24) is 9.21 Å². The molecule has 0 atom stereocenters. The normalized spacial score (nSPS) is 16.5. The number of amides is 1. The first kappa shape index (κ1) is 18.7.